The van der Waals surface area contributed by atoms with Gasteiger partial charge in [-0.25, -0.2) is 0 Å². The number of hydrogen-bond acceptors (Lipinski definition) is 3. The third-order valence-electron chi connectivity index (χ3n) is 1.57. The van der Waals surface area contributed by atoms with Gasteiger partial charge >= 0.3 is 0 Å². The molecule has 0 aliphatic carbocycles. The van der Waals surface area contributed by atoms with Crippen molar-refractivity contribution in [2.45, 2.75) is 25.8 Å². The van der Waals surface area contributed by atoms with E-state index in [1.54, 1.807) is 0 Å². The zero-order valence-electron chi connectivity index (χ0n) is 7.88. The summed E-state index contributed by atoms with van der Waals surface area (Å²) in [4.78, 5) is 22.2. The molecule has 74 valence electrons. The highest BCUT2D eigenvalue weighted by Crippen LogP contribution is 1.94. The van der Waals surface area contributed by atoms with Gasteiger partial charge in [0.1, 0.15) is 0 Å². The summed E-state index contributed by atoms with van der Waals surface area (Å²) in [6.45, 7) is 5.62. The molecule has 0 aromatic carbocycles. The zero-order chi connectivity index (χ0) is 10.3. The van der Waals surface area contributed by atoms with Crippen molar-refractivity contribution in [2.24, 2.45) is 5.73 Å². The molecule has 3 N–H and O–H groups in total. The molecule has 0 saturated heterocycles. The molecule has 1 unspecified atom stereocenters. The average Bonchev–Trinajstić information content (AvgIpc) is 2.13. The van der Waals surface area contributed by atoms with Gasteiger partial charge in [-0.1, -0.05) is 19.4 Å². The van der Waals surface area contributed by atoms with Crippen LogP contribution in [0.3, 0.4) is 0 Å². The lowest BCUT2D eigenvalue weighted by Gasteiger charge is -2.07. The largest absolute Gasteiger partial charge is 0.346 e. The van der Waals surface area contributed by atoms with Crippen LogP contribution in [0.1, 0.15) is 19.8 Å². The molecular formula is C9H16N2O2. The molecule has 13 heavy (non-hydrogen) atoms. The molecule has 0 aliphatic rings. The van der Waals surface area contributed by atoms with E-state index >= 15 is 0 Å². The molecule has 1 amide bonds. The van der Waals surface area contributed by atoms with Crippen LogP contribution < -0.4 is 11.1 Å². The van der Waals surface area contributed by atoms with Crippen molar-refractivity contribution in [3.8, 4) is 0 Å². The summed E-state index contributed by atoms with van der Waals surface area (Å²) in [5.41, 5.74) is 5.46. The van der Waals surface area contributed by atoms with Crippen molar-refractivity contribution < 1.29 is 9.59 Å². The van der Waals surface area contributed by atoms with Gasteiger partial charge in [-0.05, 0) is 6.42 Å². The molecule has 0 saturated carbocycles. The number of nitrogens with two attached hydrogens (primary N) is 1. The van der Waals surface area contributed by atoms with E-state index in [4.69, 9.17) is 5.73 Å². The molecule has 0 spiro atoms. The maximum atomic E-state index is 11.2. The topological polar surface area (TPSA) is 72.2 Å². The van der Waals surface area contributed by atoms with Gasteiger partial charge in [-0.3, -0.25) is 9.59 Å². The van der Waals surface area contributed by atoms with Crippen LogP contribution in [0.25, 0.3) is 0 Å². The second-order valence-corrected chi connectivity index (χ2v) is 2.76. The van der Waals surface area contributed by atoms with Gasteiger partial charge in [0.15, 0.2) is 0 Å². The standard InChI is InChI=1S/C9H16N2O2/c1-3-5-7(10)8(12)9(13)11-6-4-2/h4,7H,2-3,5-6,10H2,1H3,(H,11,13). The summed E-state index contributed by atoms with van der Waals surface area (Å²) in [6, 6.07) is -0.671. The third-order valence-corrected chi connectivity index (χ3v) is 1.57. The number of Topliss-reactive ketones (excluding diaryl/α,β-unsaturated/α-hetero) is 1. The lowest BCUT2D eigenvalue weighted by molar-refractivity contribution is -0.138. The number of amides is 1. The van der Waals surface area contributed by atoms with Crippen molar-refractivity contribution in [3.05, 3.63) is 12.7 Å². The molecule has 0 aliphatic heterocycles. The molecular weight excluding hydrogens is 168 g/mol. The van der Waals surface area contributed by atoms with Crippen molar-refractivity contribution in [2.75, 3.05) is 6.54 Å². The van der Waals surface area contributed by atoms with E-state index < -0.39 is 17.7 Å². The van der Waals surface area contributed by atoms with E-state index in [9.17, 15) is 9.59 Å². The van der Waals surface area contributed by atoms with Gasteiger partial charge < -0.3 is 11.1 Å². The first kappa shape index (κ1) is 11.8. The first-order valence-electron chi connectivity index (χ1n) is 4.32. The minimum absolute atomic E-state index is 0.295. The molecule has 0 bridgehead atoms. The molecule has 0 aromatic rings. The molecule has 0 heterocycles. The van der Waals surface area contributed by atoms with Gasteiger partial charge in [0.25, 0.3) is 5.91 Å². The van der Waals surface area contributed by atoms with Crippen LogP contribution >= 0.6 is 0 Å². The molecule has 0 radical (unpaired) electrons. The Balaban J connectivity index is 3.94. The van der Waals surface area contributed by atoms with Crippen molar-refractivity contribution in [3.63, 3.8) is 0 Å². The Kier molecular flexibility index (Phi) is 5.80. The van der Waals surface area contributed by atoms with E-state index in [1.807, 2.05) is 6.92 Å². The molecule has 0 aromatic heterocycles. The maximum Gasteiger partial charge on any atom is 0.289 e. The lowest BCUT2D eigenvalue weighted by Crippen LogP contribution is -2.42. The number of carbonyl (C=O) groups is 2. The molecule has 0 rings (SSSR count). The van der Waals surface area contributed by atoms with E-state index in [2.05, 4.69) is 11.9 Å². The maximum absolute atomic E-state index is 11.2. The zero-order valence-corrected chi connectivity index (χ0v) is 7.88. The van der Waals surface area contributed by atoms with E-state index in [0.29, 0.717) is 13.0 Å². The van der Waals surface area contributed by atoms with Gasteiger partial charge in [-0.2, -0.15) is 0 Å². The fraction of sp³-hybridized carbons (Fsp3) is 0.556. The third kappa shape index (κ3) is 4.42. The predicted molar refractivity (Wildman–Crippen MR) is 51.1 cm³/mol. The molecule has 4 nitrogen and oxygen atoms in total. The minimum atomic E-state index is -0.671. The Morgan fingerprint density at radius 1 is 1.62 bits per heavy atom. The molecule has 1 atom stereocenters. The Hall–Kier alpha value is -1.16. The summed E-state index contributed by atoms with van der Waals surface area (Å²) in [7, 11) is 0. The summed E-state index contributed by atoms with van der Waals surface area (Å²) in [5, 5.41) is 2.38. The minimum Gasteiger partial charge on any atom is -0.346 e. The van der Waals surface area contributed by atoms with Crippen LogP contribution in [-0.2, 0) is 9.59 Å². The van der Waals surface area contributed by atoms with Gasteiger partial charge in [0.05, 0.1) is 6.04 Å². The predicted octanol–water partition coefficient (Wildman–Crippen LogP) is -0.0149. The normalized spacial score (nSPS) is 11.8. The first-order chi connectivity index (χ1) is 6.13. The van der Waals surface area contributed by atoms with Gasteiger partial charge in [0.2, 0.25) is 5.78 Å². The fourth-order valence-electron chi connectivity index (χ4n) is 0.862. The molecule has 0 fully saturated rings. The van der Waals surface area contributed by atoms with Crippen LogP contribution in [0.4, 0.5) is 0 Å². The van der Waals surface area contributed by atoms with Gasteiger partial charge in [-0.15, -0.1) is 6.58 Å². The first-order valence-corrected chi connectivity index (χ1v) is 4.32. The van der Waals surface area contributed by atoms with Crippen LogP contribution in [0.2, 0.25) is 0 Å². The number of carbonyl (C=O) groups excluding carboxylic acids is 2. The Morgan fingerprint density at radius 2 is 2.23 bits per heavy atom. The highest BCUT2D eigenvalue weighted by atomic mass is 16.2. The summed E-state index contributed by atoms with van der Waals surface area (Å²) in [6.07, 6.45) is 2.85. The second-order valence-electron chi connectivity index (χ2n) is 2.76. The Labute approximate surface area is 78.2 Å². The Bertz CT molecular complexity index is 202. The van der Waals surface area contributed by atoms with Crippen LogP contribution in [-0.4, -0.2) is 24.3 Å². The summed E-state index contributed by atoms with van der Waals surface area (Å²) in [5.74, 6) is -1.18. The number of hydrogen-bond donors (Lipinski definition) is 2. The number of ketones is 1. The smallest absolute Gasteiger partial charge is 0.289 e. The van der Waals surface area contributed by atoms with Crippen LogP contribution in [0, 0.1) is 0 Å². The summed E-state index contributed by atoms with van der Waals surface area (Å²) < 4.78 is 0. The van der Waals surface area contributed by atoms with E-state index in [-0.39, 0.29) is 0 Å². The Morgan fingerprint density at radius 3 is 2.69 bits per heavy atom. The highest BCUT2D eigenvalue weighted by Gasteiger charge is 2.19. The van der Waals surface area contributed by atoms with Crippen LogP contribution in [0.5, 0.6) is 0 Å². The van der Waals surface area contributed by atoms with E-state index in [1.165, 1.54) is 6.08 Å². The highest BCUT2D eigenvalue weighted by molar-refractivity contribution is 6.38. The number of nitrogens with one attached hydrogen (secondary N) is 1. The second kappa shape index (κ2) is 6.37. The number of rotatable bonds is 6. The fourth-order valence-corrected chi connectivity index (χ4v) is 0.862. The monoisotopic (exact) mass is 184 g/mol. The van der Waals surface area contributed by atoms with Gasteiger partial charge in [0, 0.05) is 6.54 Å². The SMILES string of the molecule is C=CCNC(=O)C(=O)C(N)CCC. The van der Waals surface area contributed by atoms with E-state index in [0.717, 1.165) is 6.42 Å². The summed E-state index contributed by atoms with van der Waals surface area (Å²) >= 11 is 0. The lowest BCUT2D eigenvalue weighted by atomic mass is 10.1. The quantitative estimate of drug-likeness (QED) is 0.450. The average molecular weight is 184 g/mol. The van der Waals surface area contributed by atoms with Crippen molar-refractivity contribution in [1.29, 1.82) is 0 Å². The van der Waals surface area contributed by atoms with Crippen LogP contribution in [0.15, 0.2) is 12.7 Å². The van der Waals surface area contributed by atoms with Crippen molar-refractivity contribution >= 4 is 11.7 Å². The molecule has 4 heteroatoms. The van der Waals surface area contributed by atoms with Crippen molar-refractivity contribution in [1.82, 2.24) is 5.32 Å².